The first-order chi connectivity index (χ1) is 9.13. The average molecular weight is 261 g/mol. The molecule has 4 nitrogen and oxygen atoms in total. The summed E-state index contributed by atoms with van der Waals surface area (Å²) in [6.07, 6.45) is 0.548. The Morgan fingerprint density at radius 3 is 2.68 bits per heavy atom. The Kier molecular flexibility index (Phi) is 4.43. The molecule has 1 heterocycles. The van der Waals surface area contributed by atoms with Crippen molar-refractivity contribution in [3.63, 3.8) is 0 Å². The molecule has 1 atom stereocenters. The van der Waals surface area contributed by atoms with Gasteiger partial charge in [0, 0.05) is 32.6 Å². The quantitative estimate of drug-likeness (QED) is 0.898. The third-order valence-electron chi connectivity index (χ3n) is 3.58. The number of benzene rings is 1. The lowest BCUT2D eigenvalue weighted by Gasteiger charge is -2.36. The molecule has 1 aromatic rings. The molecule has 0 saturated heterocycles. The van der Waals surface area contributed by atoms with E-state index in [4.69, 9.17) is 0 Å². The zero-order chi connectivity index (χ0) is 13.8. The summed E-state index contributed by atoms with van der Waals surface area (Å²) in [5, 5.41) is 3.29. The molecule has 19 heavy (non-hydrogen) atoms. The van der Waals surface area contributed by atoms with Crippen LogP contribution in [0.2, 0.25) is 0 Å². The third kappa shape index (κ3) is 3.07. The predicted molar refractivity (Wildman–Crippen MR) is 79.8 cm³/mol. The van der Waals surface area contributed by atoms with Crippen molar-refractivity contribution in [2.45, 2.75) is 26.3 Å². The van der Waals surface area contributed by atoms with Gasteiger partial charge in [-0.05, 0) is 25.6 Å². The summed E-state index contributed by atoms with van der Waals surface area (Å²) < 4.78 is 0. The molecule has 1 unspecified atom stereocenters. The molecule has 0 aromatic heterocycles. The number of fused-ring (bicyclic) bond motifs is 1. The molecule has 1 aliphatic heterocycles. The molecule has 2 rings (SSSR count). The lowest BCUT2D eigenvalue weighted by atomic mass is 10.1. The first kappa shape index (κ1) is 13.9. The number of anilines is 2. The lowest BCUT2D eigenvalue weighted by Crippen LogP contribution is -2.44. The van der Waals surface area contributed by atoms with Crippen molar-refractivity contribution in [3.8, 4) is 0 Å². The summed E-state index contributed by atoms with van der Waals surface area (Å²) in [5.74, 6) is 0.203. The largest absolute Gasteiger partial charge is 0.371 e. The fourth-order valence-electron chi connectivity index (χ4n) is 2.56. The number of nitrogens with zero attached hydrogens (tertiary/aromatic N) is 2. The number of carbonyl (C=O) groups excluding carboxylic acids is 1. The summed E-state index contributed by atoms with van der Waals surface area (Å²) in [5.41, 5.74) is 2.17. The molecule has 0 aliphatic carbocycles. The normalized spacial score (nSPS) is 16.2. The van der Waals surface area contributed by atoms with Gasteiger partial charge in [-0.2, -0.15) is 0 Å². The van der Waals surface area contributed by atoms with Gasteiger partial charge in [0.25, 0.3) is 0 Å². The second-order valence-corrected chi connectivity index (χ2v) is 5.12. The van der Waals surface area contributed by atoms with Gasteiger partial charge < -0.3 is 15.1 Å². The fraction of sp³-hybridized carbons (Fsp3) is 0.533. The van der Waals surface area contributed by atoms with Crippen molar-refractivity contribution < 1.29 is 4.79 Å². The molecule has 104 valence electrons. The van der Waals surface area contributed by atoms with Crippen LogP contribution in [-0.4, -0.2) is 38.6 Å². The standard InChI is InChI=1S/C15H23N3O/c1-4-16-12(2)11-15(19)18-10-9-17(3)13-7-5-6-8-14(13)18/h5-8,12,16H,4,9-11H2,1-3H3. The van der Waals surface area contributed by atoms with Crippen LogP contribution in [0.3, 0.4) is 0 Å². The van der Waals surface area contributed by atoms with E-state index in [1.807, 2.05) is 23.1 Å². The van der Waals surface area contributed by atoms with Crippen LogP contribution < -0.4 is 15.1 Å². The SMILES string of the molecule is CCNC(C)CC(=O)N1CCN(C)c2ccccc21. The van der Waals surface area contributed by atoms with E-state index in [0.717, 1.165) is 31.0 Å². The zero-order valence-corrected chi connectivity index (χ0v) is 12.0. The maximum absolute atomic E-state index is 12.4. The number of rotatable bonds is 4. The number of amides is 1. The molecule has 1 aromatic carbocycles. The fourth-order valence-corrected chi connectivity index (χ4v) is 2.56. The molecular formula is C15H23N3O. The third-order valence-corrected chi connectivity index (χ3v) is 3.58. The number of likely N-dealkylation sites (N-methyl/N-ethyl adjacent to an activating group) is 1. The zero-order valence-electron chi connectivity index (χ0n) is 12.0. The molecule has 1 aliphatic rings. The lowest BCUT2D eigenvalue weighted by molar-refractivity contribution is -0.119. The first-order valence-corrected chi connectivity index (χ1v) is 6.97. The number of hydrogen-bond acceptors (Lipinski definition) is 3. The van der Waals surface area contributed by atoms with E-state index in [-0.39, 0.29) is 11.9 Å². The van der Waals surface area contributed by atoms with Gasteiger partial charge in [-0.15, -0.1) is 0 Å². The van der Waals surface area contributed by atoms with Gasteiger partial charge in [0.2, 0.25) is 5.91 Å². The Morgan fingerprint density at radius 1 is 1.32 bits per heavy atom. The number of nitrogens with one attached hydrogen (secondary N) is 1. The van der Waals surface area contributed by atoms with Crippen LogP contribution in [0.25, 0.3) is 0 Å². The van der Waals surface area contributed by atoms with Crippen LogP contribution >= 0.6 is 0 Å². The summed E-state index contributed by atoms with van der Waals surface area (Å²) in [6, 6.07) is 8.34. The highest BCUT2D eigenvalue weighted by Gasteiger charge is 2.25. The molecule has 0 radical (unpaired) electrons. The summed E-state index contributed by atoms with van der Waals surface area (Å²) in [6.45, 7) is 6.67. The Morgan fingerprint density at radius 2 is 2.00 bits per heavy atom. The Balaban J connectivity index is 2.13. The van der Waals surface area contributed by atoms with Gasteiger partial charge in [-0.25, -0.2) is 0 Å². The van der Waals surface area contributed by atoms with Gasteiger partial charge in [0.1, 0.15) is 0 Å². The second kappa shape index (κ2) is 6.06. The van der Waals surface area contributed by atoms with Crippen molar-refractivity contribution in [1.82, 2.24) is 5.32 Å². The minimum Gasteiger partial charge on any atom is -0.371 e. The summed E-state index contributed by atoms with van der Waals surface area (Å²) >= 11 is 0. The smallest absolute Gasteiger partial charge is 0.228 e. The van der Waals surface area contributed by atoms with Crippen molar-refractivity contribution in [1.29, 1.82) is 0 Å². The molecule has 0 bridgehead atoms. The predicted octanol–water partition coefficient (Wildman–Crippen LogP) is 1.86. The average Bonchev–Trinajstić information content (AvgIpc) is 2.39. The van der Waals surface area contributed by atoms with Crippen LogP contribution in [0.4, 0.5) is 11.4 Å². The van der Waals surface area contributed by atoms with E-state index in [9.17, 15) is 4.79 Å². The minimum atomic E-state index is 0.203. The number of hydrogen-bond donors (Lipinski definition) is 1. The van der Waals surface area contributed by atoms with Crippen molar-refractivity contribution in [2.75, 3.05) is 36.5 Å². The molecular weight excluding hydrogens is 238 g/mol. The molecule has 4 heteroatoms. The molecule has 1 amide bonds. The van der Waals surface area contributed by atoms with E-state index in [0.29, 0.717) is 6.42 Å². The number of para-hydroxylation sites is 2. The Bertz CT molecular complexity index is 447. The van der Waals surface area contributed by atoms with Crippen LogP contribution in [0, 0.1) is 0 Å². The maximum atomic E-state index is 12.4. The highest BCUT2D eigenvalue weighted by atomic mass is 16.2. The van der Waals surface area contributed by atoms with Crippen LogP contribution in [-0.2, 0) is 4.79 Å². The molecule has 0 spiro atoms. The molecule has 1 N–H and O–H groups in total. The second-order valence-electron chi connectivity index (χ2n) is 5.12. The van der Waals surface area contributed by atoms with E-state index in [1.165, 1.54) is 0 Å². The van der Waals surface area contributed by atoms with E-state index < -0.39 is 0 Å². The van der Waals surface area contributed by atoms with Gasteiger partial charge in [-0.3, -0.25) is 4.79 Å². The first-order valence-electron chi connectivity index (χ1n) is 6.97. The summed E-state index contributed by atoms with van der Waals surface area (Å²) in [7, 11) is 2.07. The number of carbonyl (C=O) groups is 1. The minimum absolute atomic E-state index is 0.203. The maximum Gasteiger partial charge on any atom is 0.228 e. The Hall–Kier alpha value is -1.55. The van der Waals surface area contributed by atoms with Gasteiger partial charge in [0.15, 0.2) is 0 Å². The highest BCUT2D eigenvalue weighted by Crippen LogP contribution is 2.32. The van der Waals surface area contributed by atoms with Crippen molar-refractivity contribution in [2.24, 2.45) is 0 Å². The van der Waals surface area contributed by atoms with Crippen molar-refractivity contribution in [3.05, 3.63) is 24.3 Å². The van der Waals surface area contributed by atoms with Crippen molar-refractivity contribution >= 4 is 17.3 Å². The van der Waals surface area contributed by atoms with Gasteiger partial charge in [-0.1, -0.05) is 19.1 Å². The van der Waals surface area contributed by atoms with Gasteiger partial charge in [0.05, 0.1) is 11.4 Å². The molecule has 0 saturated carbocycles. The molecule has 0 fully saturated rings. The monoisotopic (exact) mass is 261 g/mol. The van der Waals surface area contributed by atoms with Crippen LogP contribution in [0.15, 0.2) is 24.3 Å². The van der Waals surface area contributed by atoms with E-state index in [2.05, 4.69) is 37.2 Å². The van der Waals surface area contributed by atoms with E-state index >= 15 is 0 Å². The highest BCUT2D eigenvalue weighted by molar-refractivity contribution is 5.98. The van der Waals surface area contributed by atoms with Crippen LogP contribution in [0.5, 0.6) is 0 Å². The van der Waals surface area contributed by atoms with E-state index in [1.54, 1.807) is 0 Å². The van der Waals surface area contributed by atoms with Gasteiger partial charge >= 0.3 is 0 Å². The van der Waals surface area contributed by atoms with Crippen LogP contribution in [0.1, 0.15) is 20.3 Å². The summed E-state index contributed by atoms with van der Waals surface area (Å²) in [4.78, 5) is 16.5. The topological polar surface area (TPSA) is 35.6 Å². The Labute approximate surface area is 115 Å².